The zero-order chi connectivity index (χ0) is 28.3. The molecule has 0 bridgehead atoms. The molecule has 0 amide bonds. The predicted molar refractivity (Wildman–Crippen MR) is 148 cm³/mol. The van der Waals surface area contributed by atoms with Gasteiger partial charge in [-0.3, -0.25) is 9.98 Å². The number of benzene rings is 3. The molecule has 3 aromatic rings. The van der Waals surface area contributed by atoms with Crippen molar-refractivity contribution in [1.82, 2.24) is 9.80 Å². The first-order valence-corrected chi connectivity index (χ1v) is 11.8. The van der Waals surface area contributed by atoms with Crippen LogP contribution in [0, 0.1) is 13.8 Å². The summed E-state index contributed by atoms with van der Waals surface area (Å²) in [5.41, 5.74) is 4.03. The number of aliphatic imine (C=N–C) groups is 2. The maximum atomic E-state index is 10.4. The van der Waals surface area contributed by atoms with Crippen LogP contribution in [0.15, 0.2) is 34.3 Å². The van der Waals surface area contributed by atoms with Crippen LogP contribution >= 0.6 is 0 Å². The summed E-state index contributed by atoms with van der Waals surface area (Å²) in [6.45, 7) is 4.49. The summed E-state index contributed by atoms with van der Waals surface area (Å²) < 4.78 is 0. The second-order valence-electron chi connectivity index (χ2n) is 9.76. The molecule has 0 aliphatic carbocycles. The van der Waals surface area contributed by atoms with E-state index in [4.69, 9.17) is 0 Å². The first kappa shape index (κ1) is 28.3. The molecule has 0 heterocycles. The minimum absolute atomic E-state index is 0.208. The molecule has 0 unspecified atom stereocenters. The van der Waals surface area contributed by atoms with Gasteiger partial charge in [-0.05, 0) is 77.4 Å². The first-order valence-electron chi connectivity index (χ1n) is 11.8. The third-order valence-electron chi connectivity index (χ3n) is 5.96. The highest BCUT2D eigenvalue weighted by molar-refractivity contribution is 5.92. The fourth-order valence-corrected chi connectivity index (χ4v) is 3.84. The van der Waals surface area contributed by atoms with E-state index in [1.165, 1.54) is 12.4 Å². The van der Waals surface area contributed by atoms with E-state index in [9.17, 15) is 30.6 Å². The van der Waals surface area contributed by atoms with E-state index < -0.39 is 34.5 Å². The molecule has 0 saturated heterocycles. The Bertz CT molecular complexity index is 1310. The molecule has 3 aromatic carbocycles. The summed E-state index contributed by atoms with van der Waals surface area (Å²) in [4.78, 5) is 12.6. The Morgan fingerprint density at radius 3 is 1.21 bits per heavy atom. The van der Waals surface area contributed by atoms with Gasteiger partial charge in [0.25, 0.3) is 0 Å². The van der Waals surface area contributed by atoms with Crippen molar-refractivity contribution in [3.8, 4) is 34.5 Å². The van der Waals surface area contributed by atoms with Crippen LogP contribution in [0.5, 0.6) is 34.5 Å². The molecule has 38 heavy (non-hydrogen) atoms. The molecular weight excluding hydrogens is 488 g/mol. The van der Waals surface area contributed by atoms with E-state index in [1.54, 1.807) is 12.1 Å². The quantitative estimate of drug-likeness (QED) is 0.190. The van der Waals surface area contributed by atoms with Crippen molar-refractivity contribution >= 4 is 23.8 Å². The van der Waals surface area contributed by atoms with Gasteiger partial charge in [-0.2, -0.15) is 0 Å². The average Bonchev–Trinajstić information content (AvgIpc) is 2.84. The van der Waals surface area contributed by atoms with Crippen LogP contribution in [0.1, 0.15) is 33.4 Å². The summed E-state index contributed by atoms with van der Waals surface area (Å²) in [6, 6.07) is 6.70. The van der Waals surface area contributed by atoms with E-state index in [0.29, 0.717) is 35.6 Å². The Balaban J connectivity index is 2.07. The molecule has 0 aromatic heterocycles. The summed E-state index contributed by atoms with van der Waals surface area (Å²) >= 11 is 0. The van der Waals surface area contributed by atoms with E-state index in [-0.39, 0.29) is 11.1 Å². The van der Waals surface area contributed by atoms with Crippen molar-refractivity contribution in [2.24, 2.45) is 9.98 Å². The third kappa shape index (κ3) is 6.16. The van der Waals surface area contributed by atoms with E-state index >= 15 is 0 Å². The Morgan fingerprint density at radius 2 is 0.895 bits per heavy atom. The highest BCUT2D eigenvalue weighted by atomic mass is 16.3. The second-order valence-corrected chi connectivity index (χ2v) is 9.76. The number of phenolic OH excluding ortho intramolecular Hbond substituents is 6. The molecular formula is C28H34N4O6. The van der Waals surface area contributed by atoms with Crippen LogP contribution in [-0.4, -0.2) is 81.1 Å². The molecule has 10 nitrogen and oxygen atoms in total. The molecule has 0 atom stereocenters. The maximum Gasteiger partial charge on any atom is 0.201 e. The molecule has 0 radical (unpaired) electrons. The maximum absolute atomic E-state index is 10.4. The van der Waals surface area contributed by atoms with Crippen LogP contribution in [0.2, 0.25) is 0 Å². The van der Waals surface area contributed by atoms with Crippen LogP contribution in [0.3, 0.4) is 0 Å². The van der Waals surface area contributed by atoms with Crippen LogP contribution in [0.25, 0.3) is 0 Å². The van der Waals surface area contributed by atoms with Crippen molar-refractivity contribution in [1.29, 1.82) is 0 Å². The second kappa shape index (κ2) is 11.4. The molecule has 0 fully saturated rings. The topological polar surface area (TPSA) is 153 Å². The lowest BCUT2D eigenvalue weighted by atomic mass is 10.1. The highest BCUT2D eigenvalue weighted by Crippen LogP contribution is 2.42. The largest absolute Gasteiger partial charge is 0.504 e. The Morgan fingerprint density at radius 1 is 0.553 bits per heavy atom. The van der Waals surface area contributed by atoms with Crippen molar-refractivity contribution in [2.45, 2.75) is 26.9 Å². The Labute approximate surface area is 221 Å². The number of aryl methyl sites for hydroxylation is 2. The molecule has 6 N–H and O–H groups in total. The summed E-state index contributed by atoms with van der Waals surface area (Å²) in [5, 5.41) is 61.6. The van der Waals surface area contributed by atoms with E-state index in [0.717, 1.165) is 11.1 Å². The van der Waals surface area contributed by atoms with Gasteiger partial charge in [0.15, 0.2) is 23.0 Å². The minimum Gasteiger partial charge on any atom is -0.504 e. The first-order chi connectivity index (χ1) is 17.8. The van der Waals surface area contributed by atoms with Crippen LogP contribution in [-0.2, 0) is 13.1 Å². The molecule has 0 aliphatic rings. The van der Waals surface area contributed by atoms with Crippen molar-refractivity contribution in [3.63, 3.8) is 0 Å². The van der Waals surface area contributed by atoms with Gasteiger partial charge in [0.1, 0.15) is 0 Å². The van der Waals surface area contributed by atoms with Gasteiger partial charge in [0.05, 0.1) is 11.4 Å². The van der Waals surface area contributed by atoms with Gasteiger partial charge in [0.2, 0.25) is 11.5 Å². The van der Waals surface area contributed by atoms with Gasteiger partial charge in [0, 0.05) is 47.8 Å². The smallest absolute Gasteiger partial charge is 0.201 e. The van der Waals surface area contributed by atoms with Crippen LogP contribution in [0.4, 0.5) is 11.4 Å². The third-order valence-corrected chi connectivity index (χ3v) is 5.96. The van der Waals surface area contributed by atoms with Gasteiger partial charge in [-0.25, -0.2) is 0 Å². The van der Waals surface area contributed by atoms with Gasteiger partial charge in [-0.15, -0.1) is 0 Å². The highest BCUT2D eigenvalue weighted by Gasteiger charge is 2.18. The molecule has 0 saturated carbocycles. The fourth-order valence-electron chi connectivity index (χ4n) is 3.84. The van der Waals surface area contributed by atoms with Crippen LogP contribution < -0.4 is 0 Å². The summed E-state index contributed by atoms with van der Waals surface area (Å²) in [5.74, 6) is -3.03. The normalized spacial score (nSPS) is 12.0. The Hall–Kier alpha value is -4.28. The molecule has 202 valence electrons. The average molecular weight is 523 g/mol. The number of nitrogens with zero attached hydrogens (tertiary/aromatic N) is 4. The molecule has 10 heteroatoms. The standard InChI is InChI=1S/C28H34N4O6/c1-15-7-21(29-11-17-9-19(13-31(3)4)25(35)27(37)23(17)33)22(8-16(15)2)30-12-18-10-20(14-32(5)6)26(36)28(38)24(18)34/h7-12,33-38H,13-14H2,1-6H3. The van der Waals surface area contributed by atoms with Crippen molar-refractivity contribution < 1.29 is 30.6 Å². The number of hydrogen-bond donors (Lipinski definition) is 6. The van der Waals surface area contributed by atoms with E-state index in [2.05, 4.69) is 9.98 Å². The fraction of sp³-hybridized carbons (Fsp3) is 0.286. The summed E-state index contributed by atoms with van der Waals surface area (Å²) in [7, 11) is 7.24. The summed E-state index contributed by atoms with van der Waals surface area (Å²) in [6.07, 6.45) is 2.74. The lowest BCUT2D eigenvalue weighted by Gasteiger charge is -2.14. The zero-order valence-electron chi connectivity index (χ0n) is 22.4. The van der Waals surface area contributed by atoms with Gasteiger partial charge < -0.3 is 40.4 Å². The lowest BCUT2D eigenvalue weighted by molar-refractivity contribution is 0.350. The number of rotatable bonds is 8. The number of phenols is 6. The van der Waals surface area contributed by atoms with Crippen molar-refractivity contribution in [3.05, 3.63) is 57.6 Å². The van der Waals surface area contributed by atoms with E-state index in [1.807, 2.05) is 64.0 Å². The lowest BCUT2D eigenvalue weighted by Crippen LogP contribution is -2.11. The van der Waals surface area contributed by atoms with Crippen molar-refractivity contribution in [2.75, 3.05) is 28.2 Å². The minimum atomic E-state index is -0.625. The SMILES string of the molecule is Cc1cc(N=Cc2cc(CN(C)C)c(O)c(O)c2O)c(N=Cc2cc(CN(C)C)c(O)c(O)c2O)cc1C. The molecule has 3 rings (SSSR count). The number of aromatic hydroxyl groups is 6. The monoisotopic (exact) mass is 522 g/mol. The predicted octanol–water partition coefficient (Wildman–Crippen LogP) is 4.16. The van der Waals surface area contributed by atoms with Gasteiger partial charge >= 0.3 is 0 Å². The Kier molecular flexibility index (Phi) is 8.49. The van der Waals surface area contributed by atoms with Gasteiger partial charge in [-0.1, -0.05) is 0 Å². The molecule has 0 spiro atoms. The number of hydrogen-bond acceptors (Lipinski definition) is 10. The zero-order valence-corrected chi connectivity index (χ0v) is 22.4. The molecule has 0 aliphatic heterocycles.